The van der Waals surface area contributed by atoms with Crippen LogP contribution in [0.15, 0.2) is 18.2 Å². The number of benzene rings is 1. The van der Waals surface area contributed by atoms with Gasteiger partial charge in [0.25, 0.3) is 0 Å². The first-order valence-electron chi connectivity index (χ1n) is 7.60. The maximum Gasteiger partial charge on any atom is 0.413 e. The molecule has 0 bridgehead atoms. The van der Waals surface area contributed by atoms with E-state index >= 15 is 0 Å². The molecule has 0 saturated heterocycles. The molecule has 0 aliphatic heterocycles. The van der Waals surface area contributed by atoms with Gasteiger partial charge in [-0.2, -0.15) is 0 Å². The Morgan fingerprint density at radius 3 is 2.42 bits per heavy atom. The molecule has 0 radical (unpaired) electrons. The lowest BCUT2D eigenvalue weighted by Crippen LogP contribution is -2.43. The lowest BCUT2D eigenvalue weighted by molar-refractivity contribution is -0.122. The molecular formula is C16H22ClN3O4. The smallest absolute Gasteiger partial charge is 0.413 e. The minimum absolute atomic E-state index is 0.0121. The van der Waals surface area contributed by atoms with E-state index in [-0.39, 0.29) is 25.6 Å². The average Bonchev–Trinajstić information content (AvgIpc) is 2.50. The van der Waals surface area contributed by atoms with Gasteiger partial charge in [0.15, 0.2) is 0 Å². The number of rotatable bonds is 7. The number of hydrogen-bond donors (Lipinski definition) is 2. The molecule has 24 heavy (non-hydrogen) atoms. The van der Waals surface area contributed by atoms with Crippen molar-refractivity contribution in [3.63, 3.8) is 0 Å². The second-order valence-electron chi connectivity index (χ2n) is 5.08. The number of nitrogens with one attached hydrogen (secondary N) is 2. The molecule has 3 amide bonds. The molecule has 0 atom stereocenters. The lowest BCUT2D eigenvalue weighted by Gasteiger charge is -2.19. The van der Waals surface area contributed by atoms with Crippen LogP contribution < -0.4 is 10.6 Å². The normalized spacial score (nSPS) is 10.4. The summed E-state index contributed by atoms with van der Waals surface area (Å²) in [5.41, 5.74) is 1.50. The Labute approximate surface area is 146 Å². The number of aryl methyl sites for hydroxylation is 1. The number of imide groups is 1. The molecule has 7 nitrogen and oxygen atoms in total. The Kier molecular flexibility index (Phi) is 8.21. The third kappa shape index (κ3) is 6.97. The molecule has 132 valence electrons. The zero-order chi connectivity index (χ0) is 18.1. The number of hydrogen-bond acceptors (Lipinski definition) is 5. The number of ether oxygens (including phenoxy) is 1. The van der Waals surface area contributed by atoms with Gasteiger partial charge in [0.1, 0.15) is 0 Å². The van der Waals surface area contributed by atoms with Gasteiger partial charge in [0.05, 0.1) is 19.7 Å². The standard InChI is InChI=1S/C16H22ClN3O4/c1-4-20(10-15(22)19-16(23)24-5-2)9-14(21)18-12-7-6-11(3)13(17)8-12/h6-8H,4-5,9-10H2,1-3H3,(H,18,21)(H,19,22,23). The first kappa shape index (κ1) is 19.9. The van der Waals surface area contributed by atoms with E-state index in [9.17, 15) is 14.4 Å². The molecule has 1 aromatic carbocycles. The van der Waals surface area contributed by atoms with E-state index < -0.39 is 12.0 Å². The zero-order valence-corrected chi connectivity index (χ0v) is 14.8. The number of carbonyl (C=O) groups is 3. The Morgan fingerprint density at radius 2 is 1.83 bits per heavy atom. The molecular weight excluding hydrogens is 334 g/mol. The number of carbonyl (C=O) groups excluding carboxylic acids is 3. The van der Waals surface area contributed by atoms with Crippen molar-refractivity contribution in [3.8, 4) is 0 Å². The summed E-state index contributed by atoms with van der Waals surface area (Å²) in [6.07, 6.45) is -0.794. The van der Waals surface area contributed by atoms with Crippen molar-refractivity contribution in [2.75, 3.05) is 31.6 Å². The Bertz CT molecular complexity index is 607. The quantitative estimate of drug-likeness (QED) is 0.782. The van der Waals surface area contributed by atoms with Crippen LogP contribution in [0.1, 0.15) is 19.4 Å². The van der Waals surface area contributed by atoms with Crippen LogP contribution in [0.2, 0.25) is 5.02 Å². The predicted molar refractivity (Wildman–Crippen MR) is 92.1 cm³/mol. The molecule has 0 fully saturated rings. The van der Waals surface area contributed by atoms with Crippen molar-refractivity contribution in [1.82, 2.24) is 10.2 Å². The van der Waals surface area contributed by atoms with Crippen molar-refractivity contribution in [1.29, 1.82) is 0 Å². The highest BCUT2D eigenvalue weighted by Gasteiger charge is 2.15. The molecule has 0 spiro atoms. The van der Waals surface area contributed by atoms with E-state index in [4.69, 9.17) is 11.6 Å². The summed E-state index contributed by atoms with van der Waals surface area (Å²) in [5.74, 6) is -0.804. The topological polar surface area (TPSA) is 87.7 Å². The number of alkyl carbamates (subject to hydrolysis) is 1. The SMILES string of the molecule is CCOC(=O)NC(=O)CN(CC)CC(=O)Nc1ccc(C)c(Cl)c1. The summed E-state index contributed by atoms with van der Waals surface area (Å²) >= 11 is 6.01. The van der Waals surface area contributed by atoms with Crippen LogP contribution in [0.25, 0.3) is 0 Å². The Morgan fingerprint density at radius 1 is 1.17 bits per heavy atom. The van der Waals surface area contributed by atoms with Crippen molar-refractivity contribution in [2.24, 2.45) is 0 Å². The van der Waals surface area contributed by atoms with E-state index in [2.05, 4.69) is 15.4 Å². The van der Waals surface area contributed by atoms with Gasteiger partial charge < -0.3 is 10.1 Å². The molecule has 0 aromatic heterocycles. The molecule has 2 N–H and O–H groups in total. The molecule has 0 unspecified atom stereocenters. The Balaban J connectivity index is 2.51. The highest BCUT2D eigenvalue weighted by molar-refractivity contribution is 6.31. The summed E-state index contributed by atoms with van der Waals surface area (Å²) in [7, 11) is 0. The third-order valence-corrected chi connectivity index (χ3v) is 3.56. The first-order chi connectivity index (χ1) is 11.3. The predicted octanol–water partition coefficient (Wildman–Crippen LogP) is 2.18. The van der Waals surface area contributed by atoms with Crippen LogP contribution >= 0.6 is 11.6 Å². The van der Waals surface area contributed by atoms with Gasteiger partial charge in [-0.15, -0.1) is 0 Å². The highest BCUT2D eigenvalue weighted by atomic mass is 35.5. The van der Waals surface area contributed by atoms with Crippen molar-refractivity contribution >= 4 is 35.2 Å². The first-order valence-corrected chi connectivity index (χ1v) is 7.98. The number of anilines is 1. The fourth-order valence-electron chi connectivity index (χ4n) is 1.88. The minimum Gasteiger partial charge on any atom is -0.450 e. The van der Waals surface area contributed by atoms with E-state index in [1.165, 1.54) is 0 Å². The molecule has 0 heterocycles. The van der Waals surface area contributed by atoms with Crippen molar-refractivity contribution < 1.29 is 19.1 Å². The maximum absolute atomic E-state index is 12.1. The fourth-order valence-corrected chi connectivity index (χ4v) is 2.06. The van der Waals surface area contributed by atoms with E-state index in [1.54, 1.807) is 24.0 Å². The number of likely N-dealkylation sites (N-methyl/N-ethyl adjacent to an activating group) is 1. The second kappa shape index (κ2) is 9.89. The number of nitrogens with zero attached hydrogens (tertiary/aromatic N) is 1. The molecule has 1 rings (SSSR count). The van der Waals surface area contributed by atoms with Crippen LogP contribution in [0.3, 0.4) is 0 Å². The largest absolute Gasteiger partial charge is 0.450 e. The van der Waals surface area contributed by atoms with Crippen LogP contribution in [0, 0.1) is 6.92 Å². The minimum atomic E-state index is -0.794. The lowest BCUT2D eigenvalue weighted by atomic mass is 10.2. The van der Waals surface area contributed by atoms with Crippen LogP contribution in [0.5, 0.6) is 0 Å². The van der Waals surface area contributed by atoms with Gasteiger partial charge >= 0.3 is 6.09 Å². The molecule has 0 aliphatic carbocycles. The number of amides is 3. The molecule has 0 aliphatic rings. The van der Waals surface area contributed by atoms with Crippen LogP contribution in [0.4, 0.5) is 10.5 Å². The van der Waals surface area contributed by atoms with Crippen molar-refractivity contribution in [2.45, 2.75) is 20.8 Å². The maximum atomic E-state index is 12.1. The summed E-state index contributed by atoms with van der Waals surface area (Å²) in [6, 6.07) is 5.23. The van der Waals surface area contributed by atoms with Gasteiger partial charge in [-0.3, -0.25) is 19.8 Å². The van der Waals surface area contributed by atoms with E-state index in [0.717, 1.165) is 5.56 Å². The summed E-state index contributed by atoms with van der Waals surface area (Å²) in [4.78, 5) is 36.6. The average molecular weight is 356 g/mol. The van der Waals surface area contributed by atoms with Gasteiger partial charge in [0, 0.05) is 10.7 Å². The fraction of sp³-hybridized carbons (Fsp3) is 0.438. The Hall–Kier alpha value is -2.12. The molecule has 8 heteroatoms. The summed E-state index contributed by atoms with van der Waals surface area (Å²) in [6.45, 7) is 5.90. The second-order valence-corrected chi connectivity index (χ2v) is 5.49. The summed E-state index contributed by atoms with van der Waals surface area (Å²) < 4.78 is 4.63. The van der Waals surface area contributed by atoms with E-state index in [0.29, 0.717) is 17.3 Å². The van der Waals surface area contributed by atoms with Crippen LogP contribution in [-0.4, -0.2) is 49.0 Å². The summed E-state index contributed by atoms with van der Waals surface area (Å²) in [5, 5.41) is 5.38. The van der Waals surface area contributed by atoms with Gasteiger partial charge in [-0.05, 0) is 38.1 Å². The molecule has 0 saturated carbocycles. The van der Waals surface area contributed by atoms with Crippen LogP contribution in [-0.2, 0) is 14.3 Å². The zero-order valence-electron chi connectivity index (χ0n) is 14.0. The van der Waals surface area contributed by atoms with Gasteiger partial charge in [-0.25, -0.2) is 4.79 Å². The van der Waals surface area contributed by atoms with Crippen molar-refractivity contribution in [3.05, 3.63) is 28.8 Å². The highest BCUT2D eigenvalue weighted by Crippen LogP contribution is 2.19. The molecule has 1 aromatic rings. The monoisotopic (exact) mass is 355 g/mol. The van der Waals surface area contributed by atoms with Gasteiger partial charge in [0.2, 0.25) is 11.8 Å². The van der Waals surface area contributed by atoms with E-state index in [1.807, 2.05) is 19.9 Å². The third-order valence-electron chi connectivity index (χ3n) is 3.15. The number of halogens is 1. The van der Waals surface area contributed by atoms with Gasteiger partial charge in [-0.1, -0.05) is 24.6 Å².